The normalized spacial score (nSPS) is 17.1. The predicted molar refractivity (Wildman–Crippen MR) is 70.6 cm³/mol. The van der Waals surface area contributed by atoms with Gasteiger partial charge < -0.3 is 0 Å². The molecule has 0 saturated heterocycles. The Morgan fingerprint density at radius 2 is 1.95 bits per heavy atom. The van der Waals surface area contributed by atoms with E-state index in [1.807, 2.05) is 6.07 Å². The van der Waals surface area contributed by atoms with E-state index < -0.39 is 15.7 Å². The SMILES string of the molecule is N#Cc1ccc(CS(=O)(=O)C2CCCCC2)c(F)c1. The summed E-state index contributed by atoms with van der Waals surface area (Å²) in [7, 11) is -3.30. The van der Waals surface area contributed by atoms with Crippen molar-refractivity contribution in [1.29, 1.82) is 5.26 Å². The fourth-order valence-corrected chi connectivity index (χ4v) is 4.45. The summed E-state index contributed by atoms with van der Waals surface area (Å²) in [4.78, 5) is 0. The molecule has 0 heterocycles. The average Bonchev–Trinajstić information content (AvgIpc) is 2.42. The van der Waals surface area contributed by atoms with Gasteiger partial charge in [-0.15, -0.1) is 0 Å². The zero-order valence-electron chi connectivity index (χ0n) is 10.6. The largest absolute Gasteiger partial charge is 0.228 e. The Labute approximate surface area is 113 Å². The first kappa shape index (κ1) is 14.0. The highest BCUT2D eigenvalue weighted by atomic mass is 32.2. The van der Waals surface area contributed by atoms with Gasteiger partial charge in [-0.25, -0.2) is 12.8 Å². The van der Waals surface area contributed by atoms with Gasteiger partial charge in [-0.3, -0.25) is 0 Å². The van der Waals surface area contributed by atoms with Crippen LogP contribution in [0.15, 0.2) is 18.2 Å². The van der Waals surface area contributed by atoms with Gasteiger partial charge in [0.2, 0.25) is 0 Å². The zero-order valence-corrected chi connectivity index (χ0v) is 11.4. The summed E-state index contributed by atoms with van der Waals surface area (Å²) in [6.45, 7) is 0. The molecule has 19 heavy (non-hydrogen) atoms. The van der Waals surface area contributed by atoms with Gasteiger partial charge in [-0.1, -0.05) is 25.3 Å². The number of nitrogens with zero attached hydrogens (tertiary/aromatic N) is 1. The van der Waals surface area contributed by atoms with Crippen LogP contribution >= 0.6 is 0 Å². The van der Waals surface area contributed by atoms with Crippen LogP contribution in [0.1, 0.15) is 43.2 Å². The van der Waals surface area contributed by atoms with Crippen LogP contribution in [0.4, 0.5) is 4.39 Å². The van der Waals surface area contributed by atoms with Crippen LogP contribution in [-0.4, -0.2) is 13.7 Å². The molecule has 0 atom stereocenters. The summed E-state index contributed by atoms with van der Waals surface area (Å²) < 4.78 is 38.2. The Bertz CT molecular complexity index is 598. The molecule has 1 aromatic rings. The molecule has 0 spiro atoms. The molecule has 0 aliphatic heterocycles. The second-order valence-corrected chi connectivity index (χ2v) is 7.27. The van der Waals surface area contributed by atoms with Crippen molar-refractivity contribution in [1.82, 2.24) is 0 Å². The summed E-state index contributed by atoms with van der Waals surface area (Å²) in [5, 5.41) is 8.32. The number of sulfone groups is 1. The van der Waals surface area contributed by atoms with Gasteiger partial charge in [0.1, 0.15) is 5.82 Å². The first-order chi connectivity index (χ1) is 9.03. The van der Waals surface area contributed by atoms with Gasteiger partial charge in [0.15, 0.2) is 9.84 Å². The monoisotopic (exact) mass is 281 g/mol. The van der Waals surface area contributed by atoms with Crippen molar-refractivity contribution in [3.8, 4) is 6.07 Å². The second kappa shape index (κ2) is 5.70. The average molecular weight is 281 g/mol. The molecule has 102 valence electrons. The van der Waals surface area contributed by atoms with Crippen molar-refractivity contribution in [3.05, 3.63) is 35.1 Å². The number of halogens is 1. The van der Waals surface area contributed by atoms with Crippen molar-refractivity contribution in [2.45, 2.75) is 43.1 Å². The molecule has 1 aromatic carbocycles. The zero-order chi connectivity index (χ0) is 13.9. The molecule has 3 nitrogen and oxygen atoms in total. The van der Waals surface area contributed by atoms with E-state index in [2.05, 4.69) is 0 Å². The smallest absolute Gasteiger partial charge is 0.157 e. The number of rotatable bonds is 3. The minimum atomic E-state index is -3.30. The van der Waals surface area contributed by atoms with E-state index in [-0.39, 0.29) is 22.1 Å². The van der Waals surface area contributed by atoms with Gasteiger partial charge in [0.25, 0.3) is 0 Å². The van der Waals surface area contributed by atoms with Crippen molar-refractivity contribution in [3.63, 3.8) is 0 Å². The number of benzene rings is 1. The van der Waals surface area contributed by atoms with E-state index in [1.54, 1.807) is 0 Å². The van der Waals surface area contributed by atoms with E-state index in [0.717, 1.165) is 25.3 Å². The third kappa shape index (κ3) is 3.32. The quantitative estimate of drug-likeness (QED) is 0.856. The molecular weight excluding hydrogens is 265 g/mol. The molecule has 0 aromatic heterocycles. The lowest BCUT2D eigenvalue weighted by molar-refractivity contribution is 0.482. The Morgan fingerprint density at radius 3 is 2.53 bits per heavy atom. The standard InChI is InChI=1S/C14H16FNO2S/c15-14-8-11(9-16)6-7-12(14)10-19(17,18)13-4-2-1-3-5-13/h6-8,13H,1-5,10H2. The maximum atomic E-state index is 13.7. The summed E-state index contributed by atoms with van der Waals surface area (Å²) in [5.41, 5.74) is 0.362. The van der Waals surface area contributed by atoms with E-state index in [9.17, 15) is 12.8 Å². The predicted octanol–water partition coefficient (Wildman–Crippen LogP) is 2.94. The molecule has 0 amide bonds. The fourth-order valence-electron chi connectivity index (χ4n) is 2.49. The van der Waals surface area contributed by atoms with Crippen LogP contribution in [0.2, 0.25) is 0 Å². The number of hydrogen-bond acceptors (Lipinski definition) is 3. The van der Waals surface area contributed by atoms with Gasteiger partial charge in [0.05, 0.1) is 22.6 Å². The molecule has 0 unspecified atom stereocenters. The molecule has 0 bridgehead atoms. The maximum absolute atomic E-state index is 13.7. The highest BCUT2D eigenvalue weighted by molar-refractivity contribution is 7.91. The lowest BCUT2D eigenvalue weighted by atomic mass is 10.0. The Hall–Kier alpha value is -1.41. The van der Waals surface area contributed by atoms with Crippen LogP contribution in [0, 0.1) is 17.1 Å². The molecule has 1 aliphatic rings. The van der Waals surface area contributed by atoms with E-state index in [4.69, 9.17) is 5.26 Å². The van der Waals surface area contributed by atoms with Crippen LogP contribution in [0.25, 0.3) is 0 Å². The van der Waals surface area contributed by atoms with Crippen molar-refractivity contribution < 1.29 is 12.8 Å². The third-order valence-corrected chi connectivity index (χ3v) is 5.80. The molecule has 0 N–H and O–H groups in total. The Kier molecular flexibility index (Phi) is 4.20. The lowest BCUT2D eigenvalue weighted by Crippen LogP contribution is -2.25. The molecular formula is C14H16FNO2S. The minimum absolute atomic E-state index is 0.157. The van der Waals surface area contributed by atoms with Gasteiger partial charge in [-0.05, 0) is 25.0 Å². The number of hydrogen-bond donors (Lipinski definition) is 0. The molecule has 1 saturated carbocycles. The Balaban J connectivity index is 2.18. The van der Waals surface area contributed by atoms with Crippen LogP contribution in [-0.2, 0) is 15.6 Å². The highest BCUT2D eigenvalue weighted by Crippen LogP contribution is 2.26. The van der Waals surface area contributed by atoms with Gasteiger partial charge in [0, 0.05) is 5.56 Å². The second-order valence-electron chi connectivity index (χ2n) is 4.99. The van der Waals surface area contributed by atoms with E-state index in [1.165, 1.54) is 12.1 Å². The molecule has 1 aliphatic carbocycles. The first-order valence-corrected chi connectivity index (χ1v) is 8.14. The molecule has 1 fully saturated rings. The summed E-state index contributed by atoms with van der Waals surface area (Å²) in [5.74, 6) is -0.881. The maximum Gasteiger partial charge on any atom is 0.157 e. The Morgan fingerprint density at radius 1 is 1.26 bits per heavy atom. The van der Waals surface area contributed by atoms with Crippen molar-refractivity contribution in [2.75, 3.05) is 0 Å². The first-order valence-electron chi connectivity index (χ1n) is 6.43. The summed E-state index contributed by atoms with van der Waals surface area (Å²) in [6, 6.07) is 5.77. The highest BCUT2D eigenvalue weighted by Gasteiger charge is 2.28. The van der Waals surface area contributed by atoms with E-state index in [0.29, 0.717) is 12.8 Å². The van der Waals surface area contributed by atoms with Crippen LogP contribution in [0.3, 0.4) is 0 Å². The molecule has 5 heteroatoms. The van der Waals surface area contributed by atoms with E-state index >= 15 is 0 Å². The molecule has 0 radical (unpaired) electrons. The summed E-state index contributed by atoms with van der Waals surface area (Å²) >= 11 is 0. The summed E-state index contributed by atoms with van der Waals surface area (Å²) in [6.07, 6.45) is 4.30. The van der Waals surface area contributed by atoms with Gasteiger partial charge >= 0.3 is 0 Å². The van der Waals surface area contributed by atoms with Crippen LogP contribution in [0.5, 0.6) is 0 Å². The lowest BCUT2D eigenvalue weighted by Gasteiger charge is -2.21. The fraction of sp³-hybridized carbons (Fsp3) is 0.500. The number of nitriles is 1. The van der Waals surface area contributed by atoms with Crippen LogP contribution < -0.4 is 0 Å². The minimum Gasteiger partial charge on any atom is -0.228 e. The van der Waals surface area contributed by atoms with Crippen molar-refractivity contribution >= 4 is 9.84 Å². The molecule has 2 rings (SSSR count). The van der Waals surface area contributed by atoms with Gasteiger partial charge in [-0.2, -0.15) is 5.26 Å². The van der Waals surface area contributed by atoms with Crippen molar-refractivity contribution in [2.24, 2.45) is 0 Å². The topological polar surface area (TPSA) is 57.9 Å². The third-order valence-electron chi connectivity index (χ3n) is 3.60.